The van der Waals surface area contributed by atoms with Crippen LogP contribution in [0.2, 0.25) is 5.02 Å². The maximum Gasteiger partial charge on any atom is 0.417 e. The van der Waals surface area contributed by atoms with Crippen LogP contribution in [0.15, 0.2) is 35.7 Å². The van der Waals surface area contributed by atoms with Crippen molar-refractivity contribution in [2.24, 2.45) is 0 Å². The molecular weight excluding hydrogens is 361 g/mol. The van der Waals surface area contributed by atoms with Gasteiger partial charge in [0.15, 0.2) is 0 Å². The number of nitrogens with one attached hydrogen (secondary N) is 2. The van der Waals surface area contributed by atoms with E-state index < -0.39 is 28.7 Å². The van der Waals surface area contributed by atoms with E-state index in [1.165, 1.54) is 6.07 Å². The predicted octanol–water partition coefficient (Wildman–Crippen LogP) is 5.10. The Morgan fingerprint density at radius 3 is 2.54 bits per heavy atom. The van der Waals surface area contributed by atoms with E-state index in [4.69, 9.17) is 11.6 Å². The molecule has 8 heteroatoms. The molecule has 1 aromatic carbocycles. The molecule has 130 valence electrons. The van der Waals surface area contributed by atoms with Gasteiger partial charge in [0.1, 0.15) is 0 Å². The van der Waals surface area contributed by atoms with Gasteiger partial charge in [-0.1, -0.05) is 17.7 Å². The van der Waals surface area contributed by atoms with Crippen LogP contribution in [0.3, 0.4) is 0 Å². The van der Waals surface area contributed by atoms with Crippen LogP contribution in [0.4, 0.5) is 18.9 Å². The summed E-state index contributed by atoms with van der Waals surface area (Å²) >= 11 is 7.12. The predicted molar refractivity (Wildman–Crippen MR) is 90.4 cm³/mol. The molecule has 24 heavy (non-hydrogen) atoms. The van der Waals surface area contributed by atoms with Crippen molar-refractivity contribution in [2.45, 2.75) is 32.1 Å². The number of benzene rings is 1. The van der Waals surface area contributed by atoms with Gasteiger partial charge < -0.3 is 5.32 Å². The summed E-state index contributed by atoms with van der Waals surface area (Å²) in [4.78, 5) is 13.2. The number of halogens is 4. The van der Waals surface area contributed by atoms with Crippen LogP contribution in [-0.4, -0.2) is 11.9 Å². The number of hydrogen-bond donors (Lipinski definition) is 2. The summed E-state index contributed by atoms with van der Waals surface area (Å²) in [7, 11) is 0. The molecule has 0 spiro atoms. The van der Waals surface area contributed by atoms with E-state index in [9.17, 15) is 18.0 Å². The Labute approximate surface area is 146 Å². The molecule has 2 N–H and O–H groups in total. The lowest BCUT2D eigenvalue weighted by atomic mass is 10.1. The molecule has 0 unspecified atom stereocenters. The van der Waals surface area contributed by atoms with Crippen LogP contribution in [0.5, 0.6) is 0 Å². The molecule has 0 saturated carbocycles. The fourth-order valence-electron chi connectivity index (χ4n) is 2.14. The molecule has 2 rings (SSSR count). The molecule has 0 saturated heterocycles. The van der Waals surface area contributed by atoms with E-state index in [-0.39, 0.29) is 11.7 Å². The smallest absolute Gasteiger partial charge is 0.325 e. The third kappa shape index (κ3) is 4.72. The number of rotatable bonds is 5. The molecule has 1 amide bonds. The van der Waals surface area contributed by atoms with Crippen molar-refractivity contribution in [3.05, 3.63) is 51.2 Å². The van der Waals surface area contributed by atoms with Gasteiger partial charge in [-0.25, -0.2) is 0 Å². The fraction of sp³-hybridized carbons (Fsp3) is 0.312. The Hall–Kier alpha value is -1.57. The van der Waals surface area contributed by atoms with Gasteiger partial charge in [0.2, 0.25) is 5.91 Å². The second kappa shape index (κ2) is 7.55. The topological polar surface area (TPSA) is 41.1 Å². The first kappa shape index (κ1) is 18.8. The summed E-state index contributed by atoms with van der Waals surface area (Å²) in [5, 5.41) is 7.11. The van der Waals surface area contributed by atoms with Crippen molar-refractivity contribution in [2.75, 3.05) is 5.32 Å². The van der Waals surface area contributed by atoms with Gasteiger partial charge in [-0.2, -0.15) is 13.2 Å². The lowest BCUT2D eigenvalue weighted by molar-refractivity contribution is -0.137. The van der Waals surface area contributed by atoms with Crippen LogP contribution < -0.4 is 10.6 Å². The standard InChI is InChI=1S/C16H16ClF3N2OS/c1-9(14-4-3-7-24-14)21-10(2)15(23)22-11-5-6-13(17)12(8-11)16(18,19)20/h3-10,21H,1-2H3,(H,22,23)/t9-,10-/m1/s1. The molecule has 2 aromatic rings. The van der Waals surface area contributed by atoms with Crippen LogP contribution in [0.25, 0.3) is 0 Å². The molecular formula is C16H16ClF3N2OS. The van der Waals surface area contributed by atoms with Crippen LogP contribution >= 0.6 is 22.9 Å². The lowest BCUT2D eigenvalue weighted by Gasteiger charge is -2.19. The molecule has 0 aliphatic heterocycles. The van der Waals surface area contributed by atoms with E-state index in [1.54, 1.807) is 18.3 Å². The second-order valence-electron chi connectivity index (χ2n) is 5.31. The van der Waals surface area contributed by atoms with E-state index >= 15 is 0 Å². The zero-order valence-electron chi connectivity index (χ0n) is 12.9. The number of carbonyl (C=O) groups excluding carboxylic acids is 1. The second-order valence-corrected chi connectivity index (χ2v) is 6.69. The molecule has 0 bridgehead atoms. The SMILES string of the molecule is C[C@@H](N[C@H](C)c1cccs1)C(=O)Nc1ccc(Cl)c(C(F)(F)F)c1. The van der Waals surface area contributed by atoms with Gasteiger partial charge in [0, 0.05) is 16.6 Å². The van der Waals surface area contributed by atoms with Gasteiger partial charge in [0.05, 0.1) is 16.6 Å². The summed E-state index contributed by atoms with van der Waals surface area (Å²) in [6.07, 6.45) is -4.57. The van der Waals surface area contributed by atoms with Crippen LogP contribution in [-0.2, 0) is 11.0 Å². The van der Waals surface area contributed by atoms with E-state index in [2.05, 4.69) is 10.6 Å². The summed E-state index contributed by atoms with van der Waals surface area (Å²) in [6.45, 7) is 3.57. The molecule has 1 heterocycles. The lowest BCUT2D eigenvalue weighted by Crippen LogP contribution is -2.39. The molecule has 0 fully saturated rings. The number of hydrogen-bond acceptors (Lipinski definition) is 3. The summed E-state index contributed by atoms with van der Waals surface area (Å²) in [5.74, 6) is -0.422. The zero-order chi connectivity index (χ0) is 17.9. The van der Waals surface area contributed by atoms with Gasteiger partial charge in [-0.15, -0.1) is 11.3 Å². The minimum Gasteiger partial charge on any atom is -0.325 e. The summed E-state index contributed by atoms with van der Waals surface area (Å²) < 4.78 is 38.5. The highest BCUT2D eigenvalue weighted by molar-refractivity contribution is 7.10. The van der Waals surface area contributed by atoms with Crippen molar-refractivity contribution in [3.63, 3.8) is 0 Å². The zero-order valence-corrected chi connectivity index (χ0v) is 14.5. The van der Waals surface area contributed by atoms with Crippen molar-refractivity contribution < 1.29 is 18.0 Å². The largest absolute Gasteiger partial charge is 0.417 e. The normalized spacial score (nSPS) is 14.2. The average molecular weight is 377 g/mol. The van der Waals surface area contributed by atoms with Crippen molar-refractivity contribution in [1.29, 1.82) is 0 Å². The first-order chi connectivity index (χ1) is 11.2. The van der Waals surface area contributed by atoms with Crippen molar-refractivity contribution in [3.8, 4) is 0 Å². The maximum absolute atomic E-state index is 12.8. The number of amides is 1. The Morgan fingerprint density at radius 1 is 1.25 bits per heavy atom. The van der Waals surface area contributed by atoms with E-state index in [1.807, 2.05) is 24.4 Å². The fourth-order valence-corrected chi connectivity index (χ4v) is 3.11. The van der Waals surface area contributed by atoms with Crippen LogP contribution in [0, 0.1) is 0 Å². The Morgan fingerprint density at radius 2 is 1.96 bits per heavy atom. The highest BCUT2D eigenvalue weighted by Gasteiger charge is 2.33. The van der Waals surface area contributed by atoms with Gasteiger partial charge >= 0.3 is 6.18 Å². The minimum absolute atomic E-state index is 0.0401. The summed E-state index contributed by atoms with van der Waals surface area (Å²) in [5.41, 5.74) is -0.927. The maximum atomic E-state index is 12.8. The quantitative estimate of drug-likeness (QED) is 0.762. The molecule has 0 radical (unpaired) electrons. The molecule has 2 atom stereocenters. The van der Waals surface area contributed by atoms with Crippen LogP contribution in [0.1, 0.15) is 30.3 Å². The summed E-state index contributed by atoms with van der Waals surface area (Å²) in [6, 6.07) is 6.53. The number of carbonyl (C=O) groups is 1. The minimum atomic E-state index is -4.57. The average Bonchev–Trinajstić information content (AvgIpc) is 3.02. The third-order valence-corrected chi connectivity index (χ3v) is 4.79. The molecule has 0 aliphatic carbocycles. The Bertz CT molecular complexity index is 704. The molecule has 1 aromatic heterocycles. The number of anilines is 1. The van der Waals surface area contributed by atoms with Gasteiger partial charge in [-0.05, 0) is 43.5 Å². The molecule has 0 aliphatic rings. The highest BCUT2D eigenvalue weighted by atomic mass is 35.5. The third-order valence-electron chi connectivity index (χ3n) is 3.40. The van der Waals surface area contributed by atoms with Crippen molar-refractivity contribution >= 4 is 34.5 Å². The Kier molecular flexibility index (Phi) is 5.90. The van der Waals surface area contributed by atoms with Gasteiger partial charge in [-0.3, -0.25) is 10.1 Å². The highest BCUT2D eigenvalue weighted by Crippen LogP contribution is 2.36. The van der Waals surface area contributed by atoms with E-state index in [0.717, 1.165) is 17.0 Å². The first-order valence-corrected chi connectivity index (χ1v) is 8.41. The number of thiophene rings is 1. The first-order valence-electron chi connectivity index (χ1n) is 7.15. The van der Waals surface area contributed by atoms with Crippen molar-refractivity contribution in [1.82, 2.24) is 5.32 Å². The number of alkyl halides is 3. The van der Waals surface area contributed by atoms with E-state index in [0.29, 0.717) is 0 Å². The molecule has 3 nitrogen and oxygen atoms in total. The van der Waals surface area contributed by atoms with Gasteiger partial charge in [0.25, 0.3) is 0 Å². The Balaban J connectivity index is 2.04. The monoisotopic (exact) mass is 376 g/mol.